The summed E-state index contributed by atoms with van der Waals surface area (Å²) in [6, 6.07) is 3.74. The number of ether oxygens (including phenoxy) is 1. The normalized spacial score (nSPS) is 16.3. The van der Waals surface area contributed by atoms with Crippen LogP contribution in [0.1, 0.15) is 19.8 Å². The maximum absolute atomic E-state index is 11.8. The first kappa shape index (κ1) is 13.4. The Kier molecular flexibility index (Phi) is 4.60. The van der Waals surface area contributed by atoms with Crippen molar-refractivity contribution >= 4 is 23.4 Å². The first-order valence-corrected chi connectivity index (χ1v) is 7.34. The number of carbonyl (C=O) groups is 1. The van der Waals surface area contributed by atoms with Crippen LogP contribution in [-0.4, -0.2) is 29.9 Å². The van der Waals surface area contributed by atoms with Gasteiger partial charge in [0, 0.05) is 0 Å². The van der Waals surface area contributed by atoms with E-state index in [1.807, 2.05) is 18.4 Å². The Labute approximate surface area is 112 Å². The van der Waals surface area contributed by atoms with Crippen molar-refractivity contribution in [1.82, 2.24) is 4.98 Å². The molecule has 2 rings (SSSR count). The minimum absolute atomic E-state index is 0.116. The third kappa shape index (κ3) is 3.99. The molecule has 1 amide bonds. The lowest BCUT2D eigenvalue weighted by molar-refractivity contribution is -0.126. The lowest BCUT2D eigenvalue weighted by atomic mass is 10.3. The molecule has 1 heterocycles. The third-order valence-electron chi connectivity index (χ3n) is 2.86. The molecular formula is C13H18N2O2S. The number of amides is 1. The monoisotopic (exact) mass is 266 g/mol. The molecule has 1 atom stereocenters. The fourth-order valence-corrected chi connectivity index (χ4v) is 1.82. The van der Waals surface area contributed by atoms with E-state index < -0.39 is 6.10 Å². The Morgan fingerprint density at radius 3 is 2.94 bits per heavy atom. The second-order valence-electron chi connectivity index (χ2n) is 4.50. The molecule has 1 aromatic heterocycles. The molecule has 1 aromatic rings. The predicted octanol–water partition coefficient (Wildman–Crippen LogP) is 2.56. The zero-order valence-corrected chi connectivity index (χ0v) is 11.5. The molecule has 4 nitrogen and oxygen atoms in total. The summed E-state index contributed by atoms with van der Waals surface area (Å²) in [5, 5.41) is 3.74. The summed E-state index contributed by atoms with van der Waals surface area (Å²) in [6.07, 6.45) is 5.68. The standard InChI is InChI=1S/C13H18N2O2S/c1-9(17-8-10-3-4-10)13(16)15-11-5-6-12(18-2)14-7-11/h5-7,9-10H,3-4,8H2,1-2H3,(H,15,16). The van der Waals surface area contributed by atoms with Crippen LogP contribution in [0.3, 0.4) is 0 Å². The van der Waals surface area contributed by atoms with Crippen LogP contribution < -0.4 is 5.32 Å². The van der Waals surface area contributed by atoms with Crippen LogP contribution in [0.4, 0.5) is 5.69 Å². The van der Waals surface area contributed by atoms with E-state index in [1.165, 1.54) is 12.8 Å². The highest BCUT2D eigenvalue weighted by Crippen LogP contribution is 2.29. The molecule has 0 spiro atoms. The number of nitrogens with zero attached hydrogens (tertiary/aromatic N) is 1. The first-order valence-electron chi connectivity index (χ1n) is 6.11. The number of hydrogen-bond acceptors (Lipinski definition) is 4. The van der Waals surface area contributed by atoms with Gasteiger partial charge in [0.2, 0.25) is 0 Å². The number of pyridine rings is 1. The van der Waals surface area contributed by atoms with E-state index in [2.05, 4.69) is 10.3 Å². The zero-order valence-electron chi connectivity index (χ0n) is 10.7. The number of rotatable bonds is 6. The number of nitrogens with one attached hydrogen (secondary N) is 1. The van der Waals surface area contributed by atoms with Crippen molar-refractivity contribution < 1.29 is 9.53 Å². The lowest BCUT2D eigenvalue weighted by Crippen LogP contribution is -2.28. The van der Waals surface area contributed by atoms with Gasteiger partial charge in [0.25, 0.3) is 5.91 Å². The van der Waals surface area contributed by atoms with Crippen LogP contribution >= 0.6 is 11.8 Å². The van der Waals surface area contributed by atoms with Gasteiger partial charge in [0.1, 0.15) is 6.10 Å². The second kappa shape index (κ2) is 6.20. The predicted molar refractivity (Wildman–Crippen MR) is 72.8 cm³/mol. The fourth-order valence-electron chi connectivity index (χ4n) is 1.46. The molecule has 0 bridgehead atoms. The topological polar surface area (TPSA) is 51.2 Å². The highest BCUT2D eigenvalue weighted by atomic mass is 32.2. The molecule has 18 heavy (non-hydrogen) atoms. The van der Waals surface area contributed by atoms with E-state index in [-0.39, 0.29) is 5.91 Å². The maximum Gasteiger partial charge on any atom is 0.253 e. The molecule has 0 aromatic carbocycles. The van der Waals surface area contributed by atoms with E-state index in [9.17, 15) is 4.79 Å². The lowest BCUT2D eigenvalue weighted by Gasteiger charge is -2.13. The van der Waals surface area contributed by atoms with Gasteiger partial charge in [-0.05, 0) is 44.1 Å². The number of anilines is 1. The number of hydrogen-bond donors (Lipinski definition) is 1. The summed E-state index contributed by atoms with van der Waals surface area (Å²) in [4.78, 5) is 16.0. The van der Waals surface area contributed by atoms with E-state index in [0.717, 1.165) is 5.03 Å². The molecule has 98 valence electrons. The van der Waals surface area contributed by atoms with Crippen molar-refractivity contribution in [3.05, 3.63) is 18.3 Å². The summed E-state index contributed by atoms with van der Waals surface area (Å²) in [5.74, 6) is 0.553. The Bertz CT molecular complexity index is 404. The summed E-state index contributed by atoms with van der Waals surface area (Å²) in [7, 11) is 0. The Morgan fingerprint density at radius 2 is 2.39 bits per heavy atom. The Hall–Kier alpha value is -1.07. The van der Waals surface area contributed by atoms with E-state index in [1.54, 1.807) is 24.9 Å². The van der Waals surface area contributed by atoms with Gasteiger partial charge in [-0.2, -0.15) is 0 Å². The minimum atomic E-state index is -0.411. The van der Waals surface area contributed by atoms with Gasteiger partial charge >= 0.3 is 0 Å². The van der Waals surface area contributed by atoms with Gasteiger partial charge in [0.15, 0.2) is 0 Å². The van der Waals surface area contributed by atoms with Crippen molar-refractivity contribution in [2.24, 2.45) is 5.92 Å². The van der Waals surface area contributed by atoms with Crippen LogP contribution in [0.5, 0.6) is 0 Å². The van der Waals surface area contributed by atoms with Crippen molar-refractivity contribution in [1.29, 1.82) is 0 Å². The molecule has 0 radical (unpaired) electrons. The molecule has 1 fully saturated rings. The quantitative estimate of drug-likeness (QED) is 0.804. The summed E-state index contributed by atoms with van der Waals surface area (Å²) < 4.78 is 5.51. The molecule has 0 saturated heterocycles. The largest absolute Gasteiger partial charge is 0.368 e. The van der Waals surface area contributed by atoms with Crippen molar-refractivity contribution in [3.63, 3.8) is 0 Å². The van der Waals surface area contributed by atoms with Gasteiger partial charge in [-0.15, -0.1) is 11.8 Å². The maximum atomic E-state index is 11.8. The van der Waals surface area contributed by atoms with Crippen LogP contribution in [0.15, 0.2) is 23.4 Å². The van der Waals surface area contributed by atoms with Crippen LogP contribution in [0, 0.1) is 5.92 Å². The molecule has 5 heteroatoms. The van der Waals surface area contributed by atoms with Gasteiger partial charge in [-0.1, -0.05) is 0 Å². The highest BCUT2D eigenvalue weighted by Gasteiger charge is 2.24. The highest BCUT2D eigenvalue weighted by molar-refractivity contribution is 7.98. The number of aromatic nitrogens is 1. The van der Waals surface area contributed by atoms with Gasteiger partial charge < -0.3 is 10.1 Å². The van der Waals surface area contributed by atoms with Crippen LogP contribution in [0.2, 0.25) is 0 Å². The number of thioether (sulfide) groups is 1. The minimum Gasteiger partial charge on any atom is -0.368 e. The fraction of sp³-hybridized carbons (Fsp3) is 0.538. The van der Waals surface area contributed by atoms with Crippen LogP contribution in [0.25, 0.3) is 0 Å². The molecular weight excluding hydrogens is 248 g/mol. The molecule has 1 aliphatic rings. The van der Waals surface area contributed by atoms with E-state index >= 15 is 0 Å². The Morgan fingerprint density at radius 1 is 1.61 bits per heavy atom. The number of carbonyl (C=O) groups excluding carboxylic acids is 1. The molecule has 1 saturated carbocycles. The van der Waals surface area contributed by atoms with Crippen molar-refractivity contribution in [2.45, 2.75) is 30.9 Å². The second-order valence-corrected chi connectivity index (χ2v) is 5.32. The summed E-state index contributed by atoms with van der Waals surface area (Å²) in [6.45, 7) is 2.47. The average molecular weight is 266 g/mol. The van der Waals surface area contributed by atoms with Crippen molar-refractivity contribution in [2.75, 3.05) is 18.2 Å². The SMILES string of the molecule is CSc1ccc(NC(=O)C(C)OCC2CC2)cn1. The smallest absolute Gasteiger partial charge is 0.253 e. The summed E-state index contributed by atoms with van der Waals surface area (Å²) in [5.41, 5.74) is 0.708. The molecule has 0 aliphatic heterocycles. The average Bonchev–Trinajstić information content (AvgIpc) is 3.21. The third-order valence-corrected chi connectivity index (χ3v) is 3.52. The molecule has 1 N–H and O–H groups in total. The van der Waals surface area contributed by atoms with E-state index in [4.69, 9.17) is 4.74 Å². The molecule has 1 aliphatic carbocycles. The zero-order chi connectivity index (χ0) is 13.0. The van der Waals surface area contributed by atoms with E-state index in [0.29, 0.717) is 18.2 Å². The van der Waals surface area contributed by atoms with Crippen molar-refractivity contribution in [3.8, 4) is 0 Å². The van der Waals surface area contributed by atoms with Gasteiger partial charge in [0.05, 0.1) is 23.5 Å². The molecule has 1 unspecified atom stereocenters. The van der Waals surface area contributed by atoms with Gasteiger partial charge in [-0.25, -0.2) is 4.98 Å². The van der Waals surface area contributed by atoms with Gasteiger partial charge in [-0.3, -0.25) is 4.79 Å². The first-order chi connectivity index (χ1) is 8.69. The summed E-state index contributed by atoms with van der Waals surface area (Å²) >= 11 is 1.57. The Balaban J connectivity index is 1.80. The van der Waals surface area contributed by atoms with Crippen LogP contribution in [-0.2, 0) is 9.53 Å².